The van der Waals surface area contributed by atoms with Gasteiger partial charge in [0, 0.05) is 7.11 Å². The number of rotatable bonds is 3. The number of hydrogen-bond donors (Lipinski definition) is 0. The summed E-state index contributed by atoms with van der Waals surface area (Å²) in [5, 5.41) is 0. The molecule has 0 unspecified atom stereocenters. The topological polar surface area (TPSA) is 35.5 Å². The second-order valence-corrected chi connectivity index (χ2v) is 1.81. The fourth-order valence-corrected chi connectivity index (χ4v) is 0.386. The molecule has 0 amide bonds. The van der Waals surface area contributed by atoms with Gasteiger partial charge in [0.25, 0.3) is 0 Å². The molecular formula is C7H12O3. The zero-order valence-corrected chi connectivity index (χ0v) is 6.51. The van der Waals surface area contributed by atoms with Crippen LogP contribution in [0.25, 0.3) is 0 Å². The van der Waals surface area contributed by atoms with Gasteiger partial charge in [0.15, 0.2) is 0 Å². The van der Waals surface area contributed by atoms with Crippen LogP contribution in [0.1, 0.15) is 13.8 Å². The van der Waals surface area contributed by atoms with E-state index in [1.54, 1.807) is 19.9 Å². The second-order valence-electron chi connectivity index (χ2n) is 1.81. The van der Waals surface area contributed by atoms with Gasteiger partial charge < -0.3 is 9.47 Å². The normalized spacial score (nSPS) is 11.3. The Balaban J connectivity index is 3.58. The first-order valence-electron chi connectivity index (χ1n) is 3.03. The Kier molecular flexibility index (Phi) is 4.58. The van der Waals surface area contributed by atoms with Crippen LogP contribution in [0.15, 0.2) is 11.8 Å². The lowest BCUT2D eigenvalue weighted by Gasteiger charge is -2.01. The molecule has 0 saturated heterocycles. The van der Waals surface area contributed by atoms with E-state index in [1.807, 2.05) is 0 Å². The maximum absolute atomic E-state index is 10.6. The van der Waals surface area contributed by atoms with E-state index in [2.05, 4.69) is 4.74 Å². The van der Waals surface area contributed by atoms with Gasteiger partial charge in [-0.25, -0.2) is 4.79 Å². The van der Waals surface area contributed by atoms with E-state index < -0.39 is 0 Å². The molecule has 58 valence electrons. The van der Waals surface area contributed by atoms with Gasteiger partial charge in [-0.1, -0.05) is 0 Å². The largest absolute Gasteiger partial charge is 0.430 e. The van der Waals surface area contributed by atoms with Crippen LogP contribution in [0.5, 0.6) is 0 Å². The minimum absolute atomic E-state index is 0.00514. The van der Waals surface area contributed by atoms with Crippen molar-refractivity contribution in [2.24, 2.45) is 0 Å². The van der Waals surface area contributed by atoms with Crippen molar-refractivity contribution in [3.8, 4) is 0 Å². The zero-order chi connectivity index (χ0) is 7.98. The van der Waals surface area contributed by atoms with E-state index in [4.69, 9.17) is 4.74 Å². The smallest absolute Gasteiger partial charge is 0.337 e. The van der Waals surface area contributed by atoms with Crippen molar-refractivity contribution in [3.05, 3.63) is 11.8 Å². The van der Waals surface area contributed by atoms with E-state index in [-0.39, 0.29) is 12.6 Å². The van der Waals surface area contributed by atoms with Gasteiger partial charge in [0.05, 0.1) is 0 Å². The highest BCUT2D eigenvalue weighted by Crippen LogP contribution is 1.94. The molecule has 0 rings (SSSR count). The van der Waals surface area contributed by atoms with Gasteiger partial charge in [-0.2, -0.15) is 0 Å². The lowest BCUT2D eigenvalue weighted by atomic mass is 10.5. The molecule has 0 aliphatic carbocycles. The van der Waals surface area contributed by atoms with Gasteiger partial charge in [-0.05, 0) is 19.9 Å². The average molecular weight is 144 g/mol. The Labute approximate surface area is 60.6 Å². The molecule has 0 aromatic heterocycles. The maximum atomic E-state index is 10.6. The summed E-state index contributed by atoms with van der Waals surface area (Å²) in [5.74, 6) is 0.236. The minimum Gasteiger partial charge on any atom is -0.430 e. The molecule has 0 N–H and O–H groups in total. The van der Waals surface area contributed by atoms with Crippen LogP contribution in [-0.2, 0) is 14.3 Å². The predicted molar refractivity (Wildman–Crippen MR) is 37.4 cm³/mol. The number of ether oxygens (including phenoxy) is 2. The molecule has 10 heavy (non-hydrogen) atoms. The number of hydrogen-bond acceptors (Lipinski definition) is 3. The molecular weight excluding hydrogens is 132 g/mol. The van der Waals surface area contributed by atoms with Crippen LogP contribution < -0.4 is 0 Å². The Hall–Kier alpha value is -0.830. The van der Waals surface area contributed by atoms with E-state index >= 15 is 0 Å². The molecule has 3 nitrogen and oxygen atoms in total. The van der Waals surface area contributed by atoms with Crippen LogP contribution in [0.3, 0.4) is 0 Å². The number of esters is 1. The number of methoxy groups -OCH3 is 1. The molecule has 0 aliphatic heterocycles. The summed E-state index contributed by atoms with van der Waals surface area (Å²) in [6.07, 6.45) is 1.72. The van der Waals surface area contributed by atoms with E-state index in [0.29, 0.717) is 5.76 Å². The highest BCUT2D eigenvalue weighted by atomic mass is 16.6. The maximum Gasteiger partial charge on any atom is 0.337 e. The summed E-state index contributed by atoms with van der Waals surface area (Å²) in [6.45, 7) is 3.52. The van der Waals surface area contributed by atoms with Crippen molar-refractivity contribution in [1.82, 2.24) is 0 Å². The molecule has 0 aliphatic rings. The van der Waals surface area contributed by atoms with Crippen molar-refractivity contribution < 1.29 is 14.3 Å². The molecule has 0 aromatic carbocycles. The van der Waals surface area contributed by atoms with E-state index in [1.165, 1.54) is 7.11 Å². The quantitative estimate of drug-likeness (QED) is 0.439. The first kappa shape index (κ1) is 9.17. The monoisotopic (exact) mass is 144 g/mol. The van der Waals surface area contributed by atoms with Gasteiger partial charge >= 0.3 is 5.97 Å². The van der Waals surface area contributed by atoms with Crippen LogP contribution in [0.4, 0.5) is 0 Å². The highest BCUT2D eigenvalue weighted by molar-refractivity contribution is 5.71. The molecule has 3 heteroatoms. The van der Waals surface area contributed by atoms with Crippen LogP contribution in [0.2, 0.25) is 0 Å². The minimum atomic E-state index is -0.363. The second kappa shape index (κ2) is 4.99. The van der Waals surface area contributed by atoms with Gasteiger partial charge in [-0.15, -0.1) is 0 Å². The van der Waals surface area contributed by atoms with E-state index in [0.717, 1.165) is 0 Å². The molecule has 0 heterocycles. The van der Waals surface area contributed by atoms with Crippen LogP contribution in [-0.4, -0.2) is 19.7 Å². The van der Waals surface area contributed by atoms with E-state index in [9.17, 15) is 4.79 Å². The summed E-state index contributed by atoms with van der Waals surface area (Å²) < 4.78 is 9.28. The summed E-state index contributed by atoms with van der Waals surface area (Å²) in [6, 6.07) is 0. The van der Waals surface area contributed by atoms with Gasteiger partial charge in [0.2, 0.25) is 0 Å². The number of allylic oxidation sites excluding steroid dienone is 2. The summed E-state index contributed by atoms with van der Waals surface area (Å²) in [7, 11) is 1.45. The third kappa shape index (κ3) is 4.09. The van der Waals surface area contributed by atoms with Crippen LogP contribution in [0, 0.1) is 0 Å². The SMILES string of the molecule is C/C=C(/C)OC(=O)COC. The number of carbonyl (C=O) groups is 1. The van der Waals surface area contributed by atoms with Crippen molar-refractivity contribution in [3.63, 3.8) is 0 Å². The molecule has 0 radical (unpaired) electrons. The third-order valence-corrected chi connectivity index (χ3v) is 0.944. The standard InChI is InChI=1S/C7H12O3/c1-4-6(2)10-7(8)5-9-3/h4H,5H2,1-3H3/b6-4-. The molecule has 0 fully saturated rings. The van der Waals surface area contributed by atoms with Crippen molar-refractivity contribution in [2.75, 3.05) is 13.7 Å². The molecule has 0 bridgehead atoms. The third-order valence-electron chi connectivity index (χ3n) is 0.944. The Morgan fingerprint density at radius 2 is 2.20 bits per heavy atom. The van der Waals surface area contributed by atoms with Crippen molar-refractivity contribution in [2.45, 2.75) is 13.8 Å². The molecule has 0 saturated carbocycles. The van der Waals surface area contributed by atoms with Gasteiger partial charge in [0.1, 0.15) is 12.4 Å². The molecule has 0 spiro atoms. The Morgan fingerprint density at radius 3 is 2.60 bits per heavy atom. The van der Waals surface area contributed by atoms with Crippen molar-refractivity contribution in [1.29, 1.82) is 0 Å². The van der Waals surface area contributed by atoms with Gasteiger partial charge in [-0.3, -0.25) is 0 Å². The summed E-state index contributed by atoms with van der Waals surface area (Å²) in [5.41, 5.74) is 0. The summed E-state index contributed by atoms with van der Waals surface area (Å²) >= 11 is 0. The van der Waals surface area contributed by atoms with Crippen LogP contribution >= 0.6 is 0 Å². The average Bonchev–Trinajstić information content (AvgIpc) is 1.88. The Bertz CT molecular complexity index is 138. The fourth-order valence-electron chi connectivity index (χ4n) is 0.386. The lowest BCUT2D eigenvalue weighted by Crippen LogP contribution is -2.09. The number of carbonyl (C=O) groups excluding carboxylic acids is 1. The zero-order valence-electron chi connectivity index (χ0n) is 6.51. The summed E-state index contributed by atoms with van der Waals surface area (Å²) in [4.78, 5) is 10.6. The fraction of sp³-hybridized carbons (Fsp3) is 0.571. The Morgan fingerprint density at radius 1 is 1.60 bits per heavy atom. The first-order chi connectivity index (χ1) is 4.70. The van der Waals surface area contributed by atoms with Crippen molar-refractivity contribution >= 4 is 5.97 Å². The lowest BCUT2D eigenvalue weighted by molar-refractivity contribution is -0.143. The molecule has 0 aromatic rings. The first-order valence-corrected chi connectivity index (χ1v) is 3.03. The molecule has 0 atom stereocenters. The highest BCUT2D eigenvalue weighted by Gasteiger charge is 2.00. The predicted octanol–water partition coefficient (Wildman–Crippen LogP) is 1.10.